The maximum atomic E-state index is 4.80. The molecule has 2 aliphatic rings. The van der Waals surface area contributed by atoms with Crippen molar-refractivity contribution in [1.82, 2.24) is 15.0 Å². The van der Waals surface area contributed by atoms with E-state index in [1.54, 1.807) is 18.0 Å². The third-order valence-electron chi connectivity index (χ3n) is 5.38. The normalized spacial score (nSPS) is 17.7. The van der Waals surface area contributed by atoms with Gasteiger partial charge in [-0.3, -0.25) is 0 Å². The lowest BCUT2D eigenvalue weighted by Crippen LogP contribution is -2.34. The molecule has 0 aliphatic carbocycles. The van der Waals surface area contributed by atoms with Crippen molar-refractivity contribution in [2.45, 2.75) is 43.4 Å². The molecule has 0 spiro atoms. The summed E-state index contributed by atoms with van der Waals surface area (Å²) in [6.07, 6.45) is 11.2. The molecule has 2 saturated heterocycles. The van der Waals surface area contributed by atoms with Crippen LogP contribution in [0.1, 0.15) is 44.1 Å². The van der Waals surface area contributed by atoms with Crippen LogP contribution in [0.15, 0.2) is 34.3 Å². The first-order chi connectivity index (χ1) is 14.3. The van der Waals surface area contributed by atoms with Gasteiger partial charge >= 0.3 is 0 Å². The zero-order valence-corrected chi connectivity index (χ0v) is 17.9. The molecule has 1 aromatic heterocycles. The molecule has 29 heavy (non-hydrogen) atoms. The number of piperidine rings is 2. The van der Waals surface area contributed by atoms with E-state index < -0.39 is 0 Å². The molecular formula is C21H29N7S. The first-order valence-corrected chi connectivity index (χ1v) is 11.7. The van der Waals surface area contributed by atoms with E-state index >= 15 is 0 Å². The van der Waals surface area contributed by atoms with Gasteiger partial charge in [-0.2, -0.15) is 20.1 Å². The van der Waals surface area contributed by atoms with Crippen LogP contribution in [0.4, 0.5) is 17.8 Å². The van der Waals surface area contributed by atoms with E-state index in [4.69, 9.17) is 4.98 Å². The van der Waals surface area contributed by atoms with E-state index in [9.17, 15) is 0 Å². The van der Waals surface area contributed by atoms with Gasteiger partial charge < -0.3 is 9.80 Å². The Hall–Kier alpha value is -2.35. The van der Waals surface area contributed by atoms with E-state index in [1.807, 2.05) is 0 Å². The molecule has 0 unspecified atom stereocenters. The molecule has 2 aliphatic heterocycles. The monoisotopic (exact) mass is 411 g/mol. The van der Waals surface area contributed by atoms with Crippen molar-refractivity contribution in [3.63, 3.8) is 0 Å². The first kappa shape index (κ1) is 19.9. The van der Waals surface area contributed by atoms with Crippen molar-refractivity contribution in [3.8, 4) is 0 Å². The highest BCUT2D eigenvalue weighted by molar-refractivity contribution is 7.98. The van der Waals surface area contributed by atoms with Crippen molar-refractivity contribution in [2.75, 3.05) is 47.7 Å². The average molecular weight is 412 g/mol. The number of nitrogens with one attached hydrogen (secondary N) is 1. The van der Waals surface area contributed by atoms with Gasteiger partial charge in [-0.05, 0) is 62.5 Å². The van der Waals surface area contributed by atoms with E-state index in [0.29, 0.717) is 5.95 Å². The van der Waals surface area contributed by atoms with E-state index in [2.05, 4.69) is 60.8 Å². The Labute approximate surface area is 177 Å². The highest BCUT2D eigenvalue weighted by atomic mass is 32.2. The lowest BCUT2D eigenvalue weighted by Gasteiger charge is -2.30. The molecule has 0 atom stereocenters. The van der Waals surface area contributed by atoms with Crippen LogP contribution in [-0.4, -0.2) is 53.6 Å². The topological polar surface area (TPSA) is 69.5 Å². The maximum Gasteiger partial charge on any atom is 0.250 e. The maximum absolute atomic E-state index is 4.80. The Bertz CT molecular complexity index is 776. The summed E-state index contributed by atoms with van der Waals surface area (Å²) < 4.78 is 0. The van der Waals surface area contributed by atoms with Crippen LogP contribution < -0.4 is 15.2 Å². The zero-order chi connectivity index (χ0) is 19.9. The molecule has 4 rings (SSSR count). The van der Waals surface area contributed by atoms with Gasteiger partial charge in [0.25, 0.3) is 0 Å². The highest BCUT2D eigenvalue weighted by Crippen LogP contribution is 2.22. The first-order valence-electron chi connectivity index (χ1n) is 10.5. The van der Waals surface area contributed by atoms with Crippen molar-refractivity contribution in [1.29, 1.82) is 0 Å². The Balaban J connectivity index is 1.52. The van der Waals surface area contributed by atoms with Crippen molar-refractivity contribution in [2.24, 2.45) is 5.10 Å². The van der Waals surface area contributed by atoms with Crippen LogP contribution in [0.5, 0.6) is 0 Å². The zero-order valence-electron chi connectivity index (χ0n) is 17.0. The van der Waals surface area contributed by atoms with Crippen LogP contribution in [0.25, 0.3) is 0 Å². The summed E-state index contributed by atoms with van der Waals surface area (Å²) >= 11 is 1.73. The minimum Gasteiger partial charge on any atom is -0.341 e. The largest absolute Gasteiger partial charge is 0.341 e. The molecule has 8 heteroatoms. The molecular weight excluding hydrogens is 382 g/mol. The summed E-state index contributed by atoms with van der Waals surface area (Å²) in [6, 6.07) is 8.31. The second kappa shape index (κ2) is 9.91. The third kappa shape index (κ3) is 5.38. The summed E-state index contributed by atoms with van der Waals surface area (Å²) in [7, 11) is 0. The molecule has 1 aromatic carbocycles. The number of anilines is 3. The summed E-state index contributed by atoms with van der Waals surface area (Å²) in [5.41, 5.74) is 4.07. The van der Waals surface area contributed by atoms with Gasteiger partial charge in [-0.25, -0.2) is 5.43 Å². The van der Waals surface area contributed by atoms with Gasteiger partial charge in [0, 0.05) is 31.1 Å². The fraction of sp³-hybridized carbons (Fsp3) is 0.524. The molecule has 154 valence electrons. The van der Waals surface area contributed by atoms with Crippen LogP contribution in [-0.2, 0) is 0 Å². The molecule has 2 aromatic rings. The number of thioether (sulfide) groups is 1. The number of hydrogen-bond donors (Lipinski definition) is 1. The van der Waals surface area contributed by atoms with Gasteiger partial charge in [-0.1, -0.05) is 12.1 Å². The second-order valence-corrected chi connectivity index (χ2v) is 8.38. The molecule has 2 fully saturated rings. The number of benzene rings is 1. The van der Waals surface area contributed by atoms with Gasteiger partial charge in [0.15, 0.2) is 0 Å². The molecule has 0 saturated carbocycles. The van der Waals surface area contributed by atoms with Gasteiger partial charge in [-0.15, -0.1) is 11.8 Å². The minimum atomic E-state index is 0.512. The smallest absolute Gasteiger partial charge is 0.250 e. The van der Waals surface area contributed by atoms with Gasteiger partial charge in [0.2, 0.25) is 17.8 Å². The van der Waals surface area contributed by atoms with E-state index in [-0.39, 0.29) is 0 Å². The van der Waals surface area contributed by atoms with Crippen molar-refractivity contribution >= 4 is 35.8 Å². The SMILES string of the molecule is CSc1ccc(C=NNc2nc(N3CCCCC3)nc(N3CCCCC3)n2)cc1. The van der Waals surface area contributed by atoms with Crippen LogP contribution >= 0.6 is 11.8 Å². The van der Waals surface area contributed by atoms with Crippen LogP contribution in [0.2, 0.25) is 0 Å². The molecule has 7 nitrogen and oxygen atoms in total. The van der Waals surface area contributed by atoms with Gasteiger partial charge in [0.1, 0.15) is 0 Å². The second-order valence-electron chi connectivity index (χ2n) is 7.50. The Morgan fingerprint density at radius 2 is 1.38 bits per heavy atom. The van der Waals surface area contributed by atoms with Crippen LogP contribution in [0, 0.1) is 0 Å². The number of rotatable bonds is 6. The summed E-state index contributed by atoms with van der Waals surface area (Å²) in [5.74, 6) is 2.04. The van der Waals surface area contributed by atoms with E-state index in [0.717, 1.165) is 43.6 Å². The Morgan fingerprint density at radius 3 is 1.90 bits per heavy atom. The van der Waals surface area contributed by atoms with Crippen molar-refractivity contribution < 1.29 is 0 Å². The van der Waals surface area contributed by atoms with Crippen LogP contribution in [0.3, 0.4) is 0 Å². The molecule has 0 amide bonds. The third-order valence-corrected chi connectivity index (χ3v) is 6.13. The number of hydrazone groups is 1. The predicted molar refractivity (Wildman–Crippen MR) is 121 cm³/mol. The number of aromatic nitrogens is 3. The lowest BCUT2D eigenvalue weighted by atomic mass is 10.1. The Morgan fingerprint density at radius 1 is 0.828 bits per heavy atom. The average Bonchev–Trinajstić information content (AvgIpc) is 2.80. The molecule has 0 radical (unpaired) electrons. The summed E-state index contributed by atoms with van der Waals surface area (Å²) in [5, 5.41) is 4.37. The summed E-state index contributed by atoms with van der Waals surface area (Å²) in [4.78, 5) is 19.9. The molecule has 1 N–H and O–H groups in total. The lowest BCUT2D eigenvalue weighted by molar-refractivity contribution is 0.556. The molecule has 3 heterocycles. The number of hydrogen-bond acceptors (Lipinski definition) is 8. The fourth-order valence-electron chi connectivity index (χ4n) is 3.73. The molecule has 0 bridgehead atoms. The fourth-order valence-corrected chi connectivity index (χ4v) is 4.14. The standard InChI is InChI=1S/C21H29N7S/c1-29-18-10-8-17(9-11-18)16-22-26-19-23-20(27-12-4-2-5-13-27)25-21(24-19)28-14-6-3-7-15-28/h8-11,16H,2-7,12-15H2,1H3,(H,23,24,25,26). The summed E-state index contributed by atoms with van der Waals surface area (Å²) in [6.45, 7) is 4.03. The minimum absolute atomic E-state index is 0.512. The van der Waals surface area contributed by atoms with E-state index in [1.165, 1.54) is 43.4 Å². The van der Waals surface area contributed by atoms with Gasteiger partial charge in [0.05, 0.1) is 6.21 Å². The predicted octanol–water partition coefficient (Wildman–Crippen LogP) is 4.02. The quantitative estimate of drug-likeness (QED) is 0.437. The Kier molecular flexibility index (Phi) is 6.82. The number of nitrogens with zero attached hydrogens (tertiary/aromatic N) is 6. The highest BCUT2D eigenvalue weighted by Gasteiger charge is 2.20. The van der Waals surface area contributed by atoms with Crippen molar-refractivity contribution in [3.05, 3.63) is 29.8 Å².